The van der Waals surface area contributed by atoms with Gasteiger partial charge in [0.25, 0.3) is 0 Å². The lowest BCUT2D eigenvalue weighted by Crippen LogP contribution is -2.37. The molecule has 0 bridgehead atoms. The summed E-state index contributed by atoms with van der Waals surface area (Å²) in [5.74, 6) is 2.00. The summed E-state index contributed by atoms with van der Waals surface area (Å²) >= 11 is 0. The summed E-state index contributed by atoms with van der Waals surface area (Å²) in [4.78, 5) is 17.5. The maximum Gasteiger partial charge on any atom is 0.232 e. The van der Waals surface area contributed by atoms with Crippen LogP contribution in [0.4, 0.5) is 17.5 Å². The van der Waals surface area contributed by atoms with Crippen LogP contribution in [0.15, 0.2) is 12.1 Å². The highest BCUT2D eigenvalue weighted by Crippen LogP contribution is 2.34. The SMILES string of the molecule is CCN(c1nc(C)c2c(n1)N(CCN1CCCCC1)CC2)c1c(C)cc(C)cc1C. The smallest absolute Gasteiger partial charge is 0.232 e. The van der Waals surface area contributed by atoms with Crippen molar-refractivity contribution < 1.29 is 0 Å². The Morgan fingerprint density at radius 3 is 2.27 bits per heavy atom. The standard InChI is InChI=1S/C25H37N5/c1-6-30(23-19(3)16-18(2)17-20(23)4)25-26-21(5)22-10-13-29(24(22)27-25)15-14-28-11-8-7-9-12-28/h16-17H,6-15H2,1-5H3. The molecule has 2 aliphatic rings. The molecule has 0 amide bonds. The highest BCUT2D eigenvalue weighted by molar-refractivity contribution is 5.68. The van der Waals surface area contributed by atoms with Crippen molar-refractivity contribution in [2.24, 2.45) is 0 Å². The molecule has 162 valence electrons. The number of hydrogen-bond acceptors (Lipinski definition) is 5. The molecule has 1 aromatic carbocycles. The fourth-order valence-electron chi connectivity index (χ4n) is 5.25. The van der Waals surface area contributed by atoms with Gasteiger partial charge in [-0.1, -0.05) is 24.1 Å². The van der Waals surface area contributed by atoms with Crippen molar-refractivity contribution in [2.45, 2.75) is 60.3 Å². The Bertz CT molecular complexity index is 878. The topological polar surface area (TPSA) is 35.5 Å². The molecule has 1 fully saturated rings. The number of likely N-dealkylation sites (tertiary alicyclic amines) is 1. The van der Waals surface area contributed by atoms with E-state index in [0.717, 1.165) is 50.1 Å². The molecule has 2 aliphatic heterocycles. The Balaban J connectivity index is 1.62. The quantitative estimate of drug-likeness (QED) is 0.692. The summed E-state index contributed by atoms with van der Waals surface area (Å²) in [5.41, 5.74) is 7.61. The van der Waals surface area contributed by atoms with Crippen LogP contribution in [0.25, 0.3) is 0 Å². The van der Waals surface area contributed by atoms with Gasteiger partial charge in [-0.05, 0) is 78.1 Å². The van der Waals surface area contributed by atoms with Crippen LogP contribution in [-0.4, -0.2) is 54.1 Å². The van der Waals surface area contributed by atoms with Gasteiger partial charge in [-0.3, -0.25) is 0 Å². The van der Waals surface area contributed by atoms with Gasteiger partial charge in [-0.2, -0.15) is 4.98 Å². The van der Waals surface area contributed by atoms with Gasteiger partial charge in [0.15, 0.2) is 0 Å². The summed E-state index contributed by atoms with van der Waals surface area (Å²) in [6, 6.07) is 4.52. The summed E-state index contributed by atoms with van der Waals surface area (Å²) in [6.07, 6.45) is 5.16. The first-order valence-electron chi connectivity index (χ1n) is 11.7. The number of benzene rings is 1. The second-order valence-corrected chi connectivity index (χ2v) is 9.04. The maximum absolute atomic E-state index is 5.13. The van der Waals surface area contributed by atoms with Gasteiger partial charge in [0.05, 0.1) is 0 Å². The molecule has 0 aliphatic carbocycles. The zero-order valence-electron chi connectivity index (χ0n) is 19.5. The molecule has 0 unspecified atom stereocenters. The van der Waals surface area contributed by atoms with Crippen LogP contribution in [0.1, 0.15) is 54.1 Å². The highest BCUT2D eigenvalue weighted by Gasteiger charge is 2.27. The number of rotatable bonds is 6. The third-order valence-electron chi connectivity index (χ3n) is 6.71. The van der Waals surface area contributed by atoms with E-state index in [0.29, 0.717) is 0 Å². The van der Waals surface area contributed by atoms with Crippen molar-refractivity contribution in [3.05, 3.63) is 40.1 Å². The Morgan fingerprint density at radius 2 is 1.60 bits per heavy atom. The zero-order chi connectivity index (χ0) is 21.3. The number of aryl methyl sites for hydroxylation is 4. The first kappa shape index (κ1) is 21.1. The van der Waals surface area contributed by atoms with Crippen molar-refractivity contribution >= 4 is 17.5 Å². The number of nitrogens with zero attached hydrogens (tertiary/aromatic N) is 5. The molecule has 0 atom stereocenters. The minimum Gasteiger partial charge on any atom is -0.355 e. The van der Waals surface area contributed by atoms with Gasteiger partial charge in [0.1, 0.15) is 5.82 Å². The van der Waals surface area contributed by atoms with Crippen LogP contribution in [0, 0.1) is 27.7 Å². The van der Waals surface area contributed by atoms with Gasteiger partial charge in [-0.15, -0.1) is 0 Å². The average molecular weight is 408 g/mol. The van der Waals surface area contributed by atoms with Gasteiger partial charge in [0, 0.05) is 43.1 Å². The van der Waals surface area contributed by atoms with Crippen LogP contribution >= 0.6 is 0 Å². The Kier molecular flexibility index (Phi) is 6.28. The van der Waals surface area contributed by atoms with Crippen molar-refractivity contribution in [1.82, 2.24) is 14.9 Å². The molecule has 0 radical (unpaired) electrons. The average Bonchev–Trinajstić information content (AvgIpc) is 3.13. The van der Waals surface area contributed by atoms with E-state index in [1.165, 1.54) is 60.3 Å². The summed E-state index contributed by atoms with van der Waals surface area (Å²) in [5, 5.41) is 0. The predicted octanol–water partition coefficient (Wildman–Crippen LogP) is 4.72. The van der Waals surface area contributed by atoms with Gasteiger partial charge >= 0.3 is 0 Å². The van der Waals surface area contributed by atoms with E-state index < -0.39 is 0 Å². The summed E-state index contributed by atoms with van der Waals surface area (Å²) in [6.45, 7) is 17.5. The van der Waals surface area contributed by atoms with E-state index in [1.54, 1.807) is 0 Å². The first-order valence-corrected chi connectivity index (χ1v) is 11.7. The first-order chi connectivity index (χ1) is 14.5. The molecule has 4 rings (SSSR count). The number of aromatic nitrogens is 2. The Morgan fingerprint density at radius 1 is 0.900 bits per heavy atom. The molecule has 1 aromatic heterocycles. The summed E-state index contributed by atoms with van der Waals surface area (Å²) in [7, 11) is 0. The molecule has 3 heterocycles. The van der Waals surface area contributed by atoms with E-state index in [9.17, 15) is 0 Å². The zero-order valence-corrected chi connectivity index (χ0v) is 19.5. The number of hydrogen-bond donors (Lipinski definition) is 0. The lowest BCUT2D eigenvalue weighted by molar-refractivity contribution is 0.233. The van der Waals surface area contributed by atoms with Gasteiger partial charge < -0.3 is 14.7 Å². The molecule has 30 heavy (non-hydrogen) atoms. The monoisotopic (exact) mass is 407 g/mol. The minimum absolute atomic E-state index is 0.841. The van der Waals surface area contributed by atoms with Gasteiger partial charge in [0.2, 0.25) is 5.95 Å². The molecular weight excluding hydrogens is 370 g/mol. The fraction of sp³-hybridized carbons (Fsp3) is 0.600. The molecule has 0 N–H and O–H groups in total. The molecule has 5 heteroatoms. The third kappa shape index (κ3) is 4.18. The largest absolute Gasteiger partial charge is 0.355 e. The Hall–Kier alpha value is -2.14. The predicted molar refractivity (Wildman–Crippen MR) is 126 cm³/mol. The van der Waals surface area contributed by atoms with Crippen LogP contribution in [0.5, 0.6) is 0 Å². The number of fused-ring (bicyclic) bond motifs is 1. The highest BCUT2D eigenvalue weighted by atomic mass is 15.3. The molecule has 0 saturated carbocycles. The second-order valence-electron chi connectivity index (χ2n) is 9.04. The molecule has 5 nitrogen and oxygen atoms in total. The second kappa shape index (κ2) is 8.93. The molecule has 0 spiro atoms. The van der Waals surface area contributed by atoms with Crippen molar-refractivity contribution in [1.29, 1.82) is 0 Å². The minimum atomic E-state index is 0.841. The lowest BCUT2D eigenvalue weighted by Gasteiger charge is -2.30. The van der Waals surface area contributed by atoms with Gasteiger partial charge in [-0.25, -0.2) is 4.98 Å². The van der Waals surface area contributed by atoms with E-state index in [4.69, 9.17) is 9.97 Å². The van der Waals surface area contributed by atoms with Crippen molar-refractivity contribution in [3.63, 3.8) is 0 Å². The summed E-state index contributed by atoms with van der Waals surface area (Å²) < 4.78 is 0. The molecule has 2 aromatic rings. The van der Waals surface area contributed by atoms with Crippen LogP contribution in [0.3, 0.4) is 0 Å². The molecule has 1 saturated heterocycles. The Labute approximate surface area is 182 Å². The fourth-order valence-corrected chi connectivity index (χ4v) is 5.25. The van der Waals surface area contributed by atoms with Crippen molar-refractivity contribution in [2.75, 3.05) is 49.1 Å². The maximum atomic E-state index is 5.13. The van der Waals surface area contributed by atoms with Crippen LogP contribution in [0.2, 0.25) is 0 Å². The third-order valence-corrected chi connectivity index (χ3v) is 6.71. The van der Waals surface area contributed by atoms with Crippen LogP contribution in [-0.2, 0) is 6.42 Å². The van der Waals surface area contributed by atoms with E-state index >= 15 is 0 Å². The number of piperidine rings is 1. The molecular formula is C25H37N5. The van der Waals surface area contributed by atoms with E-state index in [-0.39, 0.29) is 0 Å². The number of anilines is 3. The van der Waals surface area contributed by atoms with E-state index in [1.807, 2.05) is 0 Å². The van der Waals surface area contributed by atoms with Crippen LogP contribution < -0.4 is 9.80 Å². The van der Waals surface area contributed by atoms with E-state index in [2.05, 4.69) is 61.5 Å². The van der Waals surface area contributed by atoms with Crippen molar-refractivity contribution in [3.8, 4) is 0 Å². The normalized spacial score (nSPS) is 16.8. The lowest BCUT2D eigenvalue weighted by atomic mass is 10.0.